The molecule has 0 bridgehead atoms. The molecule has 0 saturated carbocycles. The van der Waals surface area contributed by atoms with E-state index in [4.69, 9.17) is 0 Å². The topological polar surface area (TPSA) is 0 Å². The van der Waals surface area contributed by atoms with Gasteiger partial charge >= 0.3 is 0 Å². The van der Waals surface area contributed by atoms with Gasteiger partial charge in [0.15, 0.2) is 0 Å². The van der Waals surface area contributed by atoms with Crippen LogP contribution in [0.2, 0.25) is 0 Å². The Labute approximate surface area is 122 Å². The van der Waals surface area contributed by atoms with Crippen LogP contribution in [-0.2, 0) is 0 Å². The third-order valence-corrected chi connectivity index (χ3v) is 5.29. The average molecular weight is 282 g/mol. The fourth-order valence-electron chi connectivity index (χ4n) is 1.99. The summed E-state index contributed by atoms with van der Waals surface area (Å²) in [5.74, 6) is 0. The lowest BCUT2D eigenvalue weighted by atomic mass is 10.1. The lowest BCUT2D eigenvalue weighted by Gasteiger charge is -2.15. The van der Waals surface area contributed by atoms with Crippen LogP contribution in [0, 0.1) is 0 Å². The highest BCUT2D eigenvalue weighted by atomic mass is 32.2. The van der Waals surface area contributed by atoms with Crippen molar-refractivity contribution in [1.82, 2.24) is 0 Å². The van der Waals surface area contributed by atoms with E-state index >= 15 is 0 Å². The lowest BCUT2D eigenvalue weighted by molar-refractivity contribution is 1.19. The summed E-state index contributed by atoms with van der Waals surface area (Å²) in [7, 11) is 0. The first-order valence-electron chi connectivity index (χ1n) is 6.23. The third-order valence-electron chi connectivity index (χ3n) is 2.90. The van der Waals surface area contributed by atoms with Crippen LogP contribution in [0.15, 0.2) is 83.1 Å². The Morgan fingerprint density at radius 2 is 1.42 bits per heavy atom. The second-order valence-electron chi connectivity index (χ2n) is 4.24. The van der Waals surface area contributed by atoms with Gasteiger partial charge in [0.2, 0.25) is 0 Å². The van der Waals surface area contributed by atoms with Crippen molar-refractivity contribution in [3.63, 3.8) is 0 Å². The number of thioether (sulfide) groups is 1. The number of rotatable bonds is 4. The van der Waals surface area contributed by atoms with Crippen molar-refractivity contribution < 1.29 is 0 Å². The summed E-state index contributed by atoms with van der Waals surface area (Å²) in [6.45, 7) is 0. The standard InChI is InChI=1S/C17H14S2/c1-3-8-14(9-4-1)17(16-12-7-13-18-16)19-15-10-5-2-6-11-15/h1-13,17H. The van der Waals surface area contributed by atoms with Gasteiger partial charge in [0.25, 0.3) is 0 Å². The average Bonchev–Trinajstić information content (AvgIpc) is 3.01. The van der Waals surface area contributed by atoms with Gasteiger partial charge in [0.05, 0.1) is 5.25 Å². The molecule has 2 aromatic carbocycles. The molecule has 1 unspecified atom stereocenters. The van der Waals surface area contributed by atoms with E-state index in [2.05, 4.69) is 78.2 Å². The van der Waals surface area contributed by atoms with Crippen molar-refractivity contribution in [2.75, 3.05) is 0 Å². The van der Waals surface area contributed by atoms with Crippen LogP contribution in [0.5, 0.6) is 0 Å². The molecule has 2 heteroatoms. The largest absolute Gasteiger partial charge is 0.147 e. The maximum atomic E-state index is 2.22. The van der Waals surface area contributed by atoms with Crippen LogP contribution in [0.4, 0.5) is 0 Å². The van der Waals surface area contributed by atoms with Crippen molar-refractivity contribution in [2.45, 2.75) is 10.1 Å². The number of thiophene rings is 1. The fourth-order valence-corrected chi connectivity index (χ4v) is 4.11. The molecule has 1 heterocycles. The molecule has 19 heavy (non-hydrogen) atoms. The molecule has 1 atom stereocenters. The van der Waals surface area contributed by atoms with Gasteiger partial charge in [-0.1, -0.05) is 54.6 Å². The van der Waals surface area contributed by atoms with E-state index in [1.54, 1.807) is 0 Å². The first-order valence-corrected chi connectivity index (χ1v) is 7.99. The van der Waals surface area contributed by atoms with Gasteiger partial charge in [-0.25, -0.2) is 0 Å². The maximum absolute atomic E-state index is 2.22. The van der Waals surface area contributed by atoms with Crippen molar-refractivity contribution in [1.29, 1.82) is 0 Å². The van der Waals surface area contributed by atoms with Gasteiger partial charge in [0.1, 0.15) is 0 Å². The van der Waals surface area contributed by atoms with Gasteiger partial charge in [0, 0.05) is 9.77 Å². The Morgan fingerprint density at radius 1 is 0.737 bits per heavy atom. The molecular formula is C17H14S2. The maximum Gasteiger partial charge on any atom is 0.0687 e. The fraction of sp³-hybridized carbons (Fsp3) is 0.0588. The van der Waals surface area contributed by atoms with Crippen LogP contribution in [0.1, 0.15) is 15.7 Å². The van der Waals surface area contributed by atoms with Gasteiger partial charge < -0.3 is 0 Å². The van der Waals surface area contributed by atoms with Crippen LogP contribution in [0.25, 0.3) is 0 Å². The zero-order valence-corrected chi connectivity index (χ0v) is 12.0. The first-order chi connectivity index (χ1) is 9.43. The van der Waals surface area contributed by atoms with E-state index in [1.165, 1.54) is 15.3 Å². The van der Waals surface area contributed by atoms with Crippen molar-refractivity contribution >= 4 is 23.1 Å². The molecule has 0 aliphatic carbocycles. The van der Waals surface area contributed by atoms with Gasteiger partial charge in [-0.15, -0.1) is 23.1 Å². The Bertz CT molecular complexity index is 600. The van der Waals surface area contributed by atoms with E-state index in [9.17, 15) is 0 Å². The quantitative estimate of drug-likeness (QED) is 0.559. The van der Waals surface area contributed by atoms with Gasteiger partial charge in [-0.05, 0) is 29.1 Å². The summed E-state index contributed by atoms with van der Waals surface area (Å²) in [6, 6.07) is 25.7. The highest BCUT2D eigenvalue weighted by Crippen LogP contribution is 2.41. The van der Waals surface area contributed by atoms with E-state index < -0.39 is 0 Å². The summed E-state index contributed by atoms with van der Waals surface area (Å²) in [5, 5.41) is 2.53. The summed E-state index contributed by atoms with van der Waals surface area (Å²) >= 11 is 3.73. The molecule has 0 nitrogen and oxygen atoms in total. The van der Waals surface area contributed by atoms with Crippen molar-refractivity contribution in [3.8, 4) is 0 Å². The summed E-state index contributed by atoms with van der Waals surface area (Å²) in [5.41, 5.74) is 1.36. The Balaban J connectivity index is 1.94. The Morgan fingerprint density at radius 3 is 2.05 bits per heavy atom. The highest BCUT2D eigenvalue weighted by molar-refractivity contribution is 7.99. The number of benzene rings is 2. The molecule has 0 spiro atoms. The molecule has 0 aliphatic rings. The zero-order chi connectivity index (χ0) is 12.9. The Hall–Kier alpha value is -1.51. The Kier molecular flexibility index (Phi) is 4.01. The molecule has 0 aliphatic heterocycles. The normalized spacial score (nSPS) is 12.2. The molecule has 1 aromatic heterocycles. The van der Waals surface area contributed by atoms with E-state index in [0.717, 1.165) is 0 Å². The van der Waals surface area contributed by atoms with Crippen LogP contribution >= 0.6 is 23.1 Å². The van der Waals surface area contributed by atoms with E-state index in [0.29, 0.717) is 5.25 Å². The summed E-state index contributed by atoms with van der Waals surface area (Å²) < 4.78 is 0. The molecule has 3 rings (SSSR count). The lowest BCUT2D eigenvalue weighted by Crippen LogP contribution is -1.93. The monoisotopic (exact) mass is 282 g/mol. The predicted octanol–water partition coefficient (Wildman–Crippen LogP) is 5.63. The van der Waals surface area contributed by atoms with Crippen LogP contribution in [0.3, 0.4) is 0 Å². The van der Waals surface area contributed by atoms with E-state index in [-0.39, 0.29) is 0 Å². The third kappa shape index (κ3) is 3.09. The van der Waals surface area contributed by atoms with E-state index in [1.807, 2.05) is 23.1 Å². The molecule has 0 radical (unpaired) electrons. The molecule has 0 amide bonds. The second kappa shape index (κ2) is 6.09. The predicted molar refractivity (Wildman–Crippen MR) is 84.9 cm³/mol. The molecule has 0 fully saturated rings. The van der Waals surface area contributed by atoms with Crippen molar-refractivity contribution in [2.24, 2.45) is 0 Å². The number of hydrogen-bond acceptors (Lipinski definition) is 2. The number of hydrogen-bond donors (Lipinski definition) is 0. The van der Waals surface area contributed by atoms with Crippen LogP contribution in [-0.4, -0.2) is 0 Å². The molecule has 0 saturated heterocycles. The minimum Gasteiger partial charge on any atom is -0.147 e. The highest BCUT2D eigenvalue weighted by Gasteiger charge is 2.16. The molecule has 94 valence electrons. The van der Waals surface area contributed by atoms with Crippen LogP contribution < -0.4 is 0 Å². The SMILES string of the molecule is c1ccc(SC(c2ccccc2)c2cccs2)cc1. The molecule has 3 aromatic rings. The van der Waals surface area contributed by atoms with Gasteiger partial charge in [-0.2, -0.15) is 0 Å². The minimum absolute atomic E-state index is 0.378. The van der Waals surface area contributed by atoms with Crippen molar-refractivity contribution in [3.05, 3.63) is 88.6 Å². The molecular weight excluding hydrogens is 268 g/mol. The zero-order valence-electron chi connectivity index (χ0n) is 10.4. The van der Waals surface area contributed by atoms with Gasteiger partial charge in [-0.3, -0.25) is 0 Å². The summed E-state index contributed by atoms with van der Waals surface area (Å²) in [6.07, 6.45) is 0. The summed E-state index contributed by atoms with van der Waals surface area (Å²) in [4.78, 5) is 2.71. The first kappa shape index (κ1) is 12.5. The smallest absolute Gasteiger partial charge is 0.0687 e. The second-order valence-corrected chi connectivity index (χ2v) is 6.39. The molecule has 0 N–H and O–H groups in total. The minimum atomic E-state index is 0.378.